The number of benzene rings is 1. The molecule has 0 unspecified atom stereocenters. The first-order valence-corrected chi connectivity index (χ1v) is 8.72. The fraction of sp³-hybridized carbons (Fsp3) is 0.429. The standard InChI is InChI=1S/C14H19BrN4O2S/c1-4-20-12-6-10(11(15)7-13(12)21-5-2)8-22-14-18-17-9(3)19(14)16/h6-7H,4-5,8,16H2,1-3H3. The summed E-state index contributed by atoms with van der Waals surface area (Å²) in [7, 11) is 0. The predicted molar refractivity (Wildman–Crippen MR) is 91.0 cm³/mol. The smallest absolute Gasteiger partial charge is 0.210 e. The molecule has 0 saturated heterocycles. The predicted octanol–water partition coefficient (Wildman–Crippen LogP) is 3.15. The van der Waals surface area contributed by atoms with Gasteiger partial charge in [-0.2, -0.15) is 0 Å². The van der Waals surface area contributed by atoms with Crippen LogP contribution in [0.1, 0.15) is 25.2 Å². The summed E-state index contributed by atoms with van der Waals surface area (Å²) in [6.07, 6.45) is 0. The molecule has 1 heterocycles. The summed E-state index contributed by atoms with van der Waals surface area (Å²) in [6, 6.07) is 3.92. The summed E-state index contributed by atoms with van der Waals surface area (Å²) in [6.45, 7) is 6.90. The first-order valence-electron chi connectivity index (χ1n) is 6.94. The van der Waals surface area contributed by atoms with E-state index in [0.717, 1.165) is 21.5 Å². The number of aromatic nitrogens is 3. The summed E-state index contributed by atoms with van der Waals surface area (Å²) in [5.74, 6) is 8.72. The topological polar surface area (TPSA) is 75.2 Å². The number of hydrogen-bond acceptors (Lipinski definition) is 6. The number of halogens is 1. The van der Waals surface area contributed by atoms with E-state index in [1.807, 2.05) is 32.9 Å². The Labute approximate surface area is 142 Å². The molecule has 1 aromatic carbocycles. The van der Waals surface area contributed by atoms with Crippen molar-refractivity contribution in [2.75, 3.05) is 19.1 Å². The molecular formula is C14H19BrN4O2S. The number of ether oxygens (including phenoxy) is 2. The Kier molecular flexibility index (Phi) is 5.96. The van der Waals surface area contributed by atoms with Gasteiger partial charge in [-0.1, -0.05) is 27.7 Å². The second kappa shape index (κ2) is 7.73. The van der Waals surface area contributed by atoms with Gasteiger partial charge in [-0.15, -0.1) is 10.2 Å². The van der Waals surface area contributed by atoms with E-state index in [4.69, 9.17) is 15.3 Å². The van der Waals surface area contributed by atoms with Crippen LogP contribution in [0.25, 0.3) is 0 Å². The summed E-state index contributed by atoms with van der Waals surface area (Å²) in [4.78, 5) is 0. The van der Waals surface area contributed by atoms with Crippen molar-refractivity contribution in [3.63, 3.8) is 0 Å². The van der Waals surface area contributed by atoms with Gasteiger partial charge in [0.25, 0.3) is 0 Å². The molecule has 1 aromatic heterocycles. The molecule has 22 heavy (non-hydrogen) atoms. The van der Waals surface area contributed by atoms with Crippen molar-refractivity contribution in [3.8, 4) is 11.5 Å². The van der Waals surface area contributed by atoms with E-state index < -0.39 is 0 Å². The Morgan fingerprint density at radius 3 is 2.36 bits per heavy atom. The highest BCUT2D eigenvalue weighted by molar-refractivity contribution is 9.10. The van der Waals surface area contributed by atoms with Gasteiger partial charge in [0.1, 0.15) is 5.82 Å². The average Bonchev–Trinajstić information content (AvgIpc) is 2.81. The van der Waals surface area contributed by atoms with Gasteiger partial charge < -0.3 is 15.3 Å². The second-order valence-corrected chi connectivity index (χ2v) is 6.24. The van der Waals surface area contributed by atoms with Gasteiger partial charge in [0, 0.05) is 10.2 Å². The Hall–Kier alpha value is -1.41. The Bertz CT molecular complexity index is 648. The molecule has 0 atom stereocenters. The maximum atomic E-state index is 5.86. The van der Waals surface area contributed by atoms with Crippen molar-refractivity contribution in [3.05, 3.63) is 28.0 Å². The number of nitrogens with two attached hydrogens (primary N) is 1. The molecule has 2 aromatic rings. The first kappa shape index (κ1) is 17.0. The van der Waals surface area contributed by atoms with Crippen molar-refractivity contribution < 1.29 is 9.47 Å². The van der Waals surface area contributed by atoms with E-state index in [0.29, 0.717) is 29.9 Å². The number of nitrogens with zero attached hydrogens (tertiary/aromatic N) is 3. The minimum Gasteiger partial charge on any atom is -0.490 e. The van der Waals surface area contributed by atoms with Crippen LogP contribution >= 0.6 is 27.7 Å². The molecule has 8 heteroatoms. The molecule has 0 amide bonds. The van der Waals surface area contributed by atoms with E-state index in [-0.39, 0.29) is 0 Å². The van der Waals surface area contributed by atoms with Crippen molar-refractivity contribution in [2.24, 2.45) is 0 Å². The van der Waals surface area contributed by atoms with Crippen LogP contribution in [0.3, 0.4) is 0 Å². The van der Waals surface area contributed by atoms with Crippen LogP contribution in [0.5, 0.6) is 11.5 Å². The Balaban J connectivity index is 2.19. The summed E-state index contributed by atoms with van der Waals surface area (Å²) in [5, 5.41) is 8.67. The van der Waals surface area contributed by atoms with Crippen LogP contribution in [0.15, 0.2) is 21.8 Å². The molecule has 0 aliphatic carbocycles. The highest BCUT2D eigenvalue weighted by atomic mass is 79.9. The van der Waals surface area contributed by atoms with Gasteiger partial charge in [0.05, 0.1) is 13.2 Å². The third kappa shape index (κ3) is 3.86. The molecule has 0 fully saturated rings. The monoisotopic (exact) mass is 386 g/mol. The maximum Gasteiger partial charge on any atom is 0.210 e. The normalized spacial score (nSPS) is 10.7. The SMILES string of the molecule is CCOc1cc(Br)c(CSc2nnc(C)n2N)cc1OCC. The molecule has 0 saturated carbocycles. The van der Waals surface area contributed by atoms with Crippen LogP contribution in [0.2, 0.25) is 0 Å². The number of rotatable bonds is 7. The molecule has 2 rings (SSSR count). The zero-order chi connectivity index (χ0) is 16.1. The van der Waals surface area contributed by atoms with Crippen LogP contribution in [0.4, 0.5) is 0 Å². The van der Waals surface area contributed by atoms with E-state index in [2.05, 4.69) is 26.1 Å². The van der Waals surface area contributed by atoms with E-state index in [9.17, 15) is 0 Å². The molecule has 0 radical (unpaired) electrons. The molecule has 120 valence electrons. The fourth-order valence-electron chi connectivity index (χ4n) is 1.82. The largest absolute Gasteiger partial charge is 0.490 e. The van der Waals surface area contributed by atoms with Gasteiger partial charge in [0.15, 0.2) is 11.5 Å². The summed E-state index contributed by atoms with van der Waals surface area (Å²) in [5.41, 5.74) is 1.08. The minimum absolute atomic E-state index is 0.588. The van der Waals surface area contributed by atoms with Crippen LogP contribution in [0, 0.1) is 6.92 Å². The van der Waals surface area contributed by atoms with Crippen molar-refractivity contribution >= 4 is 27.7 Å². The molecule has 6 nitrogen and oxygen atoms in total. The Morgan fingerprint density at radius 1 is 1.18 bits per heavy atom. The Morgan fingerprint density at radius 2 is 1.82 bits per heavy atom. The van der Waals surface area contributed by atoms with Crippen molar-refractivity contribution in [1.29, 1.82) is 0 Å². The number of aryl methyl sites for hydroxylation is 1. The zero-order valence-corrected chi connectivity index (χ0v) is 15.2. The van der Waals surface area contributed by atoms with Gasteiger partial charge in [-0.25, -0.2) is 4.68 Å². The molecule has 0 aliphatic heterocycles. The van der Waals surface area contributed by atoms with Gasteiger partial charge in [-0.05, 0) is 38.5 Å². The fourth-order valence-corrected chi connectivity index (χ4v) is 3.36. The second-order valence-electron chi connectivity index (χ2n) is 4.44. The van der Waals surface area contributed by atoms with Crippen LogP contribution in [-0.4, -0.2) is 28.1 Å². The lowest BCUT2D eigenvalue weighted by atomic mass is 10.2. The van der Waals surface area contributed by atoms with Crippen LogP contribution in [-0.2, 0) is 5.75 Å². The zero-order valence-electron chi connectivity index (χ0n) is 12.8. The highest BCUT2D eigenvalue weighted by Gasteiger charge is 2.13. The molecule has 2 N–H and O–H groups in total. The highest BCUT2D eigenvalue weighted by Crippen LogP contribution is 2.36. The van der Waals surface area contributed by atoms with E-state index in [1.165, 1.54) is 16.4 Å². The molecular weight excluding hydrogens is 368 g/mol. The molecule has 0 aliphatic rings. The maximum absolute atomic E-state index is 5.86. The van der Waals surface area contributed by atoms with E-state index in [1.54, 1.807) is 0 Å². The number of nitrogen functional groups attached to an aromatic ring is 1. The summed E-state index contributed by atoms with van der Waals surface area (Å²) >= 11 is 5.10. The quantitative estimate of drug-likeness (QED) is 0.581. The number of thioether (sulfide) groups is 1. The van der Waals surface area contributed by atoms with E-state index >= 15 is 0 Å². The van der Waals surface area contributed by atoms with Gasteiger partial charge >= 0.3 is 0 Å². The third-order valence-electron chi connectivity index (χ3n) is 2.90. The average molecular weight is 387 g/mol. The summed E-state index contributed by atoms with van der Waals surface area (Å²) < 4.78 is 13.7. The van der Waals surface area contributed by atoms with Crippen LogP contribution < -0.4 is 15.3 Å². The van der Waals surface area contributed by atoms with Gasteiger partial charge in [0.2, 0.25) is 5.16 Å². The van der Waals surface area contributed by atoms with Crippen molar-refractivity contribution in [1.82, 2.24) is 14.9 Å². The number of hydrogen-bond donors (Lipinski definition) is 1. The lowest BCUT2D eigenvalue weighted by molar-refractivity contribution is 0.287. The lowest BCUT2D eigenvalue weighted by Gasteiger charge is -2.14. The third-order valence-corrected chi connectivity index (χ3v) is 4.63. The molecule has 0 spiro atoms. The minimum atomic E-state index is 0.588. The van der Waals surface area contributed by atoms with Crippen molar-refractivity contribution in [2.45, 2.75) is 31.7 Å². The lowest BCUT2D eigenvalue weighted by Crippen LogP contribution is -2.11. The van der Waals surface area contributed by atoms with Gasteiger partial charge in [-0.3, -0.25) is 0 Å². The molecule has 0 bridgehead atoms. The first-order chi connectivity index (χ1) is 10.6.